The van der Waals surface area contributed by atoms with Crippen molar-refractivity contribution in [2.45, 2.75) is 40.3 Å². The van der Waals surface area contributed by atoms with Crippen LogP contribution in [0.1, 0.15) is 39.1 Å². The van der Waals surface area contributed by atoms with Gasteiger partial charge in [-0.05, 0) is 50.3 Å². The van der Waals surface area contributed by atoms with E-state index in [4.69, 9.17) is 4.74 Å². The Hall–Kier alpha value is -2.08. The van der Waals surface area contributed by atoms with Crippen molar-refractivity contribution in [2.75, 3.05) is 13.2 Å². The first-order chi connectivity index (χ1) is 11.5. The smallest absolute Gasteiger partial charge is 0.340 e. The zero-order valence-corrected chi connectivity index (χ0v) is 15.1. The van der Waals surface area contributed by atoms with Crippen LogP contribution in [0.15, 0.2) is 17.5 Å². The van der Waals surface area contributed by atoms with Crippen molar-refractivity contribution < 1.29 is 14.3 Å². The van der Waals surface area contributed by atoms with Crippen LogP contribution in [0.5, 0.6) is 0 Å². The molecule has 2 aromatic heterocycles. The maximum atomic E-state index is 12.3. The number of thiophene rings is 1. The van der Waals surface area contributed by atoms with Gasteiger partial charge >= 0.3 is 5.97 Å². The third-order valence-corrected chi connectivity index (χ3v) is 5.62. The zero-order chi connectivity index (χ0) is 17.3. The molecule has 1 amide bonds. The van der Waals surface area contributed by atoms with Gasteiger partial charge in [0.25, 0.3) is 5.91 Å². The fourth-order valence-corrected chi connectivity index (χ4v) is 4.14. The standard InChI is InChI=1S/C18H22N2O3S/c1-4-20-12(2)9-15(13(20)3)18(22)23-11-17(21)19-7-5-16-14(10-19)6-8-24-16/h6,8-9H,4-5,7,10-11H2,1-3H3. The quantitative estimate of drug-likeness (QED) is 0.800. The molecular formula is C18H22N2O3S. The van der Waals surface area contributed by atoms with Crippen LogP contribution in [0.2, 0.25) is 0 Å². The summed E-state index contributed by atoms with van der Waals surface area (Å²) in [6.07, 6.45) is 0.879. The number of hydrogen-bond donors (Lipinski definition) is 0. The Morgan fingerprint density at radius 1 is 1.33 bits per heavy atom. The van der Waals surface area contributed by atoms with E-state index in [-0.39, 0.29) is 12.5 Å². The van der Waals surface area contributed by atoms with Crippen molar-refractivity contribution in [1.29, 1.82) is 0 Å². The van der Waals surface area contributed by atoms with Crippen LogP contribution in [-0.4, -0.2) is 34.5 Å². The SMILES string of the molecule is CCn1c(C)cc(C(=O)OCC(=O)N2CCc3sccc3C2)c1C. The number of carbonyl (C=O) groups excluding carboxylic acids is 2. The highest BCUT2D eigenvalue weighted by Gasteiger charge is 2.23. The fourth-order valence-electron chi connectivity index (χ4n) is 3.25. The molecule has 0 radical (unpaired) electrons. The largest absolute Gasteiger partial charge is 0.452 e. The minimum Gasteiger partial charge on any atom is -0.452 e. The van der Waals surface area contributed by atoms with Crippen molar-refractivity contribution in [3.63, 3.8) is 0 Å². The normalized spacial score (nSPS) is 13.7. The van der Waals surface area contributed by atoms with Crippen LogP contribution >= 0.6 is 11.3 Å². The summed E-state index contributed by atoms with van der Waals surface area (Å²) in [4.78, 5) is 27.7. The van der Waals surface area contributed by atoms with Crippen LogP contribution < -0.4 is 0 Å². The highest BCUT2D eigenvalue weighted by Crippen LogP contribution is 2.24. The number of aromatic nitrogens is 1. The second-order valence-corrected chi connectivity index (χ2v) is 7.04. The molecule has 24 heavy (non-hydrogen) atoms. The Balaban J connectivity index is 1.60. The topological polar surface area (TPSA) is 51.5 Å². The van der Waals surface area contributed by atoms with E-state index in [2.05, 4.69) is 16.0 Å². The predicted molar refractivity (Wildman–Crippen MR) is 93.3 cm³/mol. The van der Waals surface area contributed by atoms with Crippen LogP contribution in [0, 0.1) is 13.8 Å². The number of fused-ring (bicyclic) bond motifs is 1. The summed E-state index contributed by atoms with van der Waals surface area (Å²) < 4.78 is 7.32. The number of esters is 1. The van der Waals surface area contributed by atoms with Gasteiger partial charge in [0.15, 0.2) is 6.61 Å². The van der Waals surface area contributed by atoms with Gasteiger partial charge in [0.1, 0.15) is 0 Å². The summed E-state index contributed by atoms with van der Waals surface area (Å²) in [6, 6.07) is 3.88. The Labute approximate surface area is 145 Å². The molecule has 2 aromatic rings. The molecule has 128 valence electrons. The third kappa shape index (κ3) is 3.11. The molecule has 0 fully saturated rings. The Kier molecular flexibility index (Phi) is 4.76. The Morgan fingerprint density at radius 3 is 2.83 bits per heavy atom. The molecule has 0 unspecified atom stereocenters. The van der Waals surface area contributed by atoms with E-state index in [0.717, 1.165) is 24.4 Å². The van der Waals surface area contributed by atoms with E-state index in [1.807, 2.05) is 26.8 Å². The molecule has 0 spiro atoms. The van der Waals surface area contributed by atoms with Crippen molar-refractivity contribution in [1.82, 2.24) is 9.47 Å². The molecule has 3 heterocycles. The number of carbonyl (C=O) groups is 2. The number of hydrogen-bond acceptors (Lipinski definition) is 4. The molecule has 0 N–H and O–H groups in total. The Bertz CT molecular complexity index is 775. The van der Waals surface area contributed by atoms with E-state index < -0.39 is 5.97 Å². The first-order valence-electron chi connectivity index (χ1n) is 8.18. The van der Waals surface area contributed by atoms with Crippen molar-refractivity contribution >= 4 is 23.2 Å². The van der Waals surface area contributed by atoms with Crippen LogP contribution in [0.3, 0.4) is 0 Å². The monoisotopic (exact) mass is 346 g/mol. The number of ether oxygens (including phenoxy) is 1. The molecule has 0 aromatic carbocycles. The van der Waals surface area contributed by atoms with Crippen LogP contribution in [-0.2, 0) is 29.0 Å². The highest BCUT2D eigenvalue weighted by atomic mass is 32.1. The van der Waals surface area contributed by atoms with Gasteiger partial charge in [0, 0.05) is 35.9 Å². The first kappa shape index (κ1) is 16.8. The van der Waals surface area contributed by atoms with E-state index >= 15 is 0 Å². The van der Waals surface area contributed by atoms with Gasteiger partial charge in [-0.1, -0.05) is 0 Å². The summed E-state index contributed by atoms with van der Waals surface area (Å²) in [7, 11) is 0. The Morgan fingerprint density at radius 2 is 2.12 bits per heavy atom. The first-order valence-corrected chi connectivity index (χ1v) is 9.06. The minimum atomic E-state index is -0.426. The number of rotatable bonds is 4. The molecule has 0 saturated carbocycles. The molecule has 0 atom stereocenters. The van der Waals surface area contributed by atoms with Gasteiger partial charge < -0.3 is 14.2 Å². The molecule has 0 aliphatic carbocycles. The number of amides is 1. The summed E-state index contributed by atoms with van der Waals surface area (Å²) in [6.45, 7) is 7.80. The van der Waals surface area contributed by atoms with Gasteiger partial charge in [-0.25, -0.2) is 4.79 Å². The third-order valence-electron chi connectivity index (χ3n) is 4.60. The lowest BCUT2D eigenvalue weighted by Gasteiger charge is -2.26. The molecular weight excluding hydrogens is 324 g/mol. The molecule has 5 nitrogen and oxygen atoms in total. The zero-order valence-electron chi connectivity index (χ0n) is 14.3. The van der Waals surface area contributed by atoms with Crippen molar-refractivity contribution in [3.05, 3.63) is 44.9 Å². The van der Waals surface area contributed by atoms with Gasteiger partial charge in [0.2, 0.25) is 0 Å². The second-order valence-electron chi connectivity index (χ2n) is 6.04. The van der Waals surface area contributed by atoms with Crippen molar-refractivity contribution in [2.24, 2.45) is 0 Å². The molecule has 3 rings (SSSR count). The van der Waals surface area contributed by atoms with E-state index in [1.54, 1.807) is 16.2 Å². The fraction of sp³-hybridized carbons (Fsp3) is 0.444. The van der Waals surface area contributed by atoms with Crippen LogP contribution in [0.4, 0.5) is 0 Å². The van der Waals surface area contributed by atoms with Gasteiger partial charge in [0.05, 0.1) is 5.56 Å². The molecule has 0 bridgehead atoms. The molecule has 1 aliphatic rings. The number of nitrogens with zero attached hydrogens (tertiary/aromatic N) is 2. The summed E-state index contributed by atoms with van der Waals surface area (Å²) >= 11 is 1.74. The lowest BCUT2D eigenvalue weighted by Crippen LogP contribution is -2.38. The van der Waals surface area contributed by atoms with Crippen LogP contribution in [0.25, 0.3) is 0 Å². The van der Waals surface area contributed by atoms with E-state index in [9.17, 15) is 9.59 Å². The van der Waals surface area contributed by atoms with E-state index in [0.29, 0.717) is 18.7 Å². The lowest BCUT2D eigenvalue weighted by atomic mass is 10.1. The second kappa shape index (κ2) is 6.81. The highest BCUT2D eigenvalue weighted by molar-refractivity contribution is 7.10. The van der Waals surface area contributed by atoms with Gasteiger partial charge in [-0.15, -0.1) is 11.3 Å². The lowest BCUT2D eigenvalue weighted by molar-refractivity contribution is -0.135. The van der Waals surface area contributed by atoms with E-state index in [1.165, 1.54) is 10.4 Å². The van der Waals surface area contributed by atoms with Gasteiger partial charge in [-0.3, -0.25) is 4.79 Å². The molecule has 6 heteroatoms. The minimum absolute atomic E-state index is 0.135. The molecule has 0 saturated heterocycles. The average molecular weight is 346 g/mol. The summed E-state index contributed by atoms with van der Waals surface area (Å²) in [5.74, 6) is -0.561. The maximum Gasteiger partial charge on any atom is 0.340 e. The van der Waals surface area contributed by atoms with Crippen molar-refractivity contribution in [3.8, 4) is 0 Å². The maximum absolute atomic E-state index is 12.3. The average Bonchev–Trinajstić information content (AvgIpc) is 3.15. The predicted octanol–water partition coefficient (Wildman–Crippen LogP) is 2.93. The van der Waals surface area contributed by atoms with Gasteiger partial charge in [-0.2, -0.15) is 0 Å². The molecule has 1 aliphatic heterocycles. The number of aryl methyl sites for hydroxylation is 1. The summed E-state index contributed by atoms with van der Waals surface area (Å²) in [5, 5.41) is 2.06. The summed E-state index contributed by atoms with van der Waals surface area (Å²) in [5.41, 5.74) is 3.65.